The predicted molar refractivity (Wildman–Crippen MR) is 129 cm³/mol. The summed E-state index contributed by atoms with van der Waals surface area (Å²) in [5, 5.41) is 0. The number of nitrogens with zero attached hydrogens (tertiary/aromatic N) is 2. The van der Waals surface area contributed by atoms with Crippen molar-refractivity contribution in [2.45, 2.75) is 33.7 Å². The third-order valence-electron chi connectivity index (χ3n) is 5.33. The molecule has 0 bridgehead atoms. The third kappa shape index (κ3) is 4.63. The molecule has 0 amide bonds. The van der Waals surface area contributed by atoms with Gasteiger partial charge in [-0.1, -0.05) is 53.3 Å². The van der Waals surface area contributed by atoms with Gasteiger partial charge < -0.3 is 9.47 Å². The van der Waals surface area contributed by atoms with Crippen LogP contribution >= 0.6 is 11.3 Å². The standard InChI is InChI=1S/C26H24N2O5S/c1-5-32-25(31)22-16(3)27-26-28(23(22)19-11-9-15(2)10-12-19)24(30)21(34-26)14-18-7-6-8-20(13-18)33-17(4)29/h6-14,23H,5H2,1-4H3/b21-14+/t23-/m0/s1. The molecule has 0 fully saturated rings. The highest BCUT2D eigenvalue weighted by Gasteiger charge is 2.33. The van der Waals surface area contributed by atoms with Gasteiger partial charge in [0.15, 0.2) is 4.80 Å². The van der Waals surface area contributed by atoms with Crippen LogP contribution < -0.4 is 19.6 Å². The van der Waals surface area contributed by atoms with E-state index in [1.165, 1.54) is 18.3 Å². The first-order valence-electron chi connectivity index (χ1n) is 10.8. The minimum atomic E-state index is -0.648. The summed E-state index contributed by atoms with van der Waals surface area (Å²) in [7, 11) is 0. The first kappa shape index (κ1) is 23.4. The zero-order valence-electron chi connectivity index (χ0n) is 19.3. The summed E-state index contributed by atoms with van der Waals surface area (Å²) in [6.45, 7) is 7.03. The van der Waals surface area contributed by atoms with Crippen molar-refractivity contribution in [2.24, 2.45) is 4.99 Å². The number of carbonyl (C=O) groups excluding carboxylic acids is 2. The Morgan fingerprint density at radius 1 is 1.15 bits per heavy atom. The smallest absolute Gasteiger partial charge is 0.338 e. The van der Waals surface area contributed by atoms with Gasteiger partial charge in [0.2, 0.25) is 0 Å². The summed E-state index contributed by atoms with van der Waals surface area (Å²) in [6, 6.07) is 14.0. The van der Waals surface area contributed by atoms with Crippen LogP contribution in [0.15, 0.2) is 69.6 Å². The van der Waals surface area contributed by atoms with Crippen LogP contribution in [0.2, 0.25) is 0 Å². The molecule has 4 rings (SSSR count). The van der Waals surface area contributed by atoms with Crippen LogP contribution in [-0.2, 0) is 14.3 Å². The summed E-state index contributed by atoms with van der Waals surface area (Å²) >= 11 is 1.24. The fourth-order valence-corrected chi connectivity index (χ4v) is 4.89. The minimum Gasteiger partial charge on any atom is -0.463 e. The van der Waals surface area contributed by atoms with Crippen molar-refractivity contribution < 1.29 is 19.1 Å². The van der Waals surface area contributed by atoms with Crippen LogP contribution in [0.1, 0.15) is 43.5 Å². The second-order valence-corrected chi connectivity index (χ2v) is 8.89. The maximum atomic E-state index is 13.6. The molecule has 7 nitrogen and oxygen atoms in total. The third-order valence-corrected chi connectivity index (χ3v) is 6.31. The lowest BCUT2D eigenvalue weighted by atomic mass is 9.95. The van der Waals surface area contributed by atoms with Crippen molar-refractivity contribution in [1.29, 1.82) is 0 Å². The van der Waals surface area contributed by atoms with Crippen LogP contribution in [-0.4, -0.2) is 23.1 Å². The quantitative estimate of drug-likeness (QED) is 0.417. The lowest BCUT2D eigenvalue weighted by Gasteiger charge is -2.24. The molecule has 0 saturated carbocycles. The Hall–Kier alpha value is -3.78. The monoisotopic (exact) mass is 476 g/mol. The van der Waals surface area contributed by atoms with Gasteiger partial charge in [0.1, 0.15) is 5.75 Å². The molecular weight excluding hydrogens is 452 g/mol. The predicted octanol–water partition coefficient (Wildman–Crippen LogP) is 3.03. The van der Waals surface area contributed by atoms with Crippen LogP contribution in [0.25, 0.3) is 6.08 Å². The largest absolute Gasteiger partial charge is 0.463 e. The molecule has 34 heavy (non-hydrogen) atoms. The molecule has 3 aromatic rings. The number of hydrogen-bond donors (Lipinski definition) is 0. The van der Waals surface area contributed by atoms with Crippen molar-refractivity contribution in [3.63, 3.8) is 0 Å². The van der Waals surface area contributed by atoms with Crippen molar-refractivity contribution >= 4 is 29.4 Å². The van der Waals surface area contributed by atoms with E-state index in [0.29, 0.717) is 31.9 Å². The Labute approximate surface area is 200 Å². The second-order valence-electron chi connectivity index (χ2n) is 7.88. The molecular formula is C26H24N2O5S. The molecule has 1 aliphatic rings. The van der Waals surface area contributed by atoms with E-state index >= 15 is 0 Å². The molecule has 1 aliphatic heterocycles. The van der Waals surface area contributed by atoms with E-state index in [4.69, 9.17) is 9.47 Å². The molecule has 0 N–H and O–H groups in total. The maximum absolute atomic E-state index is 13.6. The van der Waals surface area contributed by atoms with Gasteiger partial charge in [-0.25, -0.2) is 9.79 Å². The number of fused-ring (bicyclic) bond motifs is 1. The molecule has 0 unspecified atom stereocenters. The molecule has 0 spiro atoms. The number of hydrogen-bond acceptors (Lipinski definition) is 7. The van der Waals surface area contributed by atoms with E-state index in [1.807, 2.05) is 37.3 Å². The van der Waals surface area contributed by atoms with Gasteiger partial charge in [0.05, 0.1) is 28.5 Å². The number of thiazole rings is 1. The summed E-state index contributed by atoms with van der Waals surface area (Å²) in [5.41, 5.74) is 3.18. The van der Waals surface area contributed by atoms with E-state index in [1.54, 1.807) is 42.7 Å². The van der Waals surface area contributed by atoms with Crippen molar-refractivity contribution in [1.82, 2.24) is 4.57 Å². The molecule has 0 radical (unpaired) electrons. The molecule has 2 aromatic carbocycles. The Balaban J connectivity index is 1.90. The fraction of sp³-hybridized carbons (Fsp3) is 0.231. The highest BCUT2D eigenvalue weighted by atomic mass is 32.1. The van der Waals surface area contributed by atoms with Gasteiger partial charge in [0, 0.05) is 6.92 Å². The van der Waals surface area contributed by atoms with Gasteiger partial charge >= 0.3 is 11.9 Å². The van der Waals surface area contributed by atoms with Crippen LogP contribution in [0.5, 0.6) is 5.75 Å². The molecule has 8 heteroatoms. The van der Waals surface area contributed by atoms with Crippen molar-refractivity contribution in [2.75, 3.05) is 6.61 Å². The lowest BCUT2D eigenvalue weighted by Crippen LogP contribution is -2.39. The Morgan fingerprint density at radius 3 is 2.56 bits per heavy atom. The second kappa shape index (κ2) is 9.61. The average molecular weight is 477 g/mol. The summed E-state index contributed by atoms with van der Waals surface area (Å²) < 4.78 is 12.5. The number of aromatic nitrogens is 1. The zero-order chi connectivity index (χ0) is 24.4. The number of rotatable bonds is 5. The SMILES string of the molecule is CCOC(=O)C1=C(C)N=c2s/c(=C/c3cccc(OC(C)=O)c3)c(=O)n2[C@H]1c1ccc(C)cc1. The van der Waals surface area contributed by atoms with Crippen LogP contribution in [0.4, 0.5) is 0 Å². The first-order chi connectivity index (χ1) is 16.3. The van der Waals surface area contributed by atoms with E-state index in [0.717, 1.165) is 11.1 Å². The zero-order valence-corrected chi connectivity index (χ0v) is 20.1. The number of benzene rings is 2. The number of aryl methyl sites for hydroxylation is 1. The van der Waals surface area contributed by atoms with Gasteiger partial charge in [-0.2, -0.15) is 0 Å². The number of carbonyl (C=O) groups is 2. The van der Waals surface area contributed by atoms with Gasteiger partial charge in [-0.05, 0) is 50.1 Å². The maximum Gasteiger partial charge on any atom is 0.338 e. The Kier molecular flexibility index (Phi) is 6.61. The molecule has 0 aliphatic carbocycles. The highest BCUT2D eigenvalue weighted by molar-refractivity contribution is 7.07. The van der Waals surface area contributed by atoms with Gasteiger partial charge in [0.25, 0.3) is 5.56 Å². The van der Waals surface area contributed by atoms with E-state index in [-0.39, 0.29) is 12.2 Å². The number of allylic oxidation sites excluding steroid dienone is 1. The Morgan fingerprint density at radius 2 is 1.88 bits per heavy atom. The van der Waals surface area contributed by atoms with Crippen molar-refractivity contribution in [3.05, 3.63) is 96.2 Å². The molecule has 1 atom stereocenters. The molecule has 1 aromatic heterocycles. The van der Waals surface area contributed by atoms with Crippen LogP contribution in [0, 0.1) is 6.92 Å². The minimum absolute atomic E-state index is 0.222. The summed E-state index contributed by atoms with van der Waals surface area (Å²) in [4.78, 5) is 42.9. The number of esters is 2. The van der Waals surface area contributed by atoms with E-state index in [9.17, 15) is 14.4 Å². The van der Waals surface area contributed by atoms with Crippen molar-refractivity contribution in [3.8, 4) is 5.75 Å². The average Bonchev–Trinajstić information content (AvgIpc) is 3.08. The Bertz CT molecular complexity index is 1480. The van der Waals surface area contributed by atoms with Gasteiger partial charge in [-0.3, -0.25) is 14.2 Å². The van der Waals surface area contributed by atoms with Gasteiger partial charge in [-0.15, -0.1) is 0 Å². The highest BCUT2D eigenvalue weighted by Crippen LogP contribution is 2.30. The topological polar surface area (TPSA) is 87.0 Å². The first-order valence-corrected chi connectivity index (χ1v) is 11.6. The summed E-state index contributed by atoms with van der Waals surface area (Å²) in [6.07, 6.45) is 1.73. The molecule has 0 saturated heterocycles. The van der Waals surface area contributed by atoms with E-state index in [2.05, 4.69) is 4.99 Å². The number of ether oxygens (including phenoxy) is 2. The lowest BCUT2D eigenvalue weighted by molar-refractivity contribution is -0.139. The summed E-state index contributed by atoms with van der Waals surface area (Å²) in [5.74, 6) is -0.513. The fourth-order valence-electron chi connectivity index (χ4n) is 3.84. The van der Waals surface area contributed by atoms with Crippen LogP contribution in [0.3, 0.4) is 0 Å². The normalized spacial score (nSPS) is 15.5. The molecule has 2 heterocycles. The molecule has 174 valence electrons. The van der Waals surface area contributed by atoms with E-state index < -0.39 is 18.0 Å².